The Kier molecular flexibility index (Phi) is 14.2. The number of rotatable bonds is 17. The lowest BCUT2D eigenvalue weighted by molar-refractivity contribution is -0.148. The van der Waals surface area contributed by atoms with E-state index in [1.54, 1.807) is 0 Å². The summed E-state index contributed by atoms with van der Waals surface area (Å²) in [4.78, 5) is 52.3. The van der Waals surface area contributed by atoms with E-state index >= 15 is 0 Å². The lowest BCUT2D eigenvalue weighted by Crippen LogP contribution is -2.59. The van der Waals surface area contributed by atoms with Gasteiger partial charge in [-0.05, 0) is 41.7 Å². The van der Waals surface area contributed by atoms with Crippen molar-refractivity contribution < 1.29 is 23.9 Å². The largest absolute Gasteiger partial charge is 0.460 e. The summed E-state index contributed by atoms with van der Waals surface area (Å²) >= 11 is 0. The van der Waals surface area contributed by atoms with Crippen LogP contribution in [-0.4, -0.2) is 47.9 Å². The minimum Gasteiger partial charge on any atom is -0.460 e. The van der Waals surface area contributed by atoms with Gasteiger partial charge in [-0.25, -0.2) is 0 Å². The lowest BCUT2D eigenvalue weighted by Gasteiger charge is -2.29. The van der Waals surface area contributed by atoms with Crippen LogP contribution in [0.25, 0.3) is 0 Å². The average molecular weight is 581 g/mol. The van der Waals surface area contributed by atoms with E-state index in [1.165, 1.54) is 0 Å². The Morgan fingerprint density at radius 2 is 1.21 bits per heavy atom. The molecule has 0 aliphatic carbocycles. The molecule has 5 N–H and O–H groups in total. The predicted molar refractivity (Wildman–Crippen MR) is 164 cm³/mol. The molecule has 1 unspecified atom stereocenters. The number of esters is 1. The third-order valence-electron chi connectivity index (χ3n) is 6.83. The minimum absolute atomic E-state index is 0.129. The molecule has 0 radical (unpaired) electrons. The number of benzene rings is 2. The number of carbonyl (C=O) groups is 4. The summed E-state index contributed by atoms with van der Waals surface area (Å²) in [5.41, 5.74) is 7.33. The predicted octanol–water partition coefficient (Wildman–Crippen LogP) is 3.50. The van der Waals surface area contributed by atoms with E-state index < -0.39 is 47.9 Å². The van der Waals surface area contributed by atoms with Crippen molar-refractivity contribution in [1.82, 2.24) is 16.0 Å². The van der Waals surface area contributed by atoms with Crippen molar-refractivity contribution in [3.63, 3.8) is 0 Å². The Labute approximate surface area is 250 Å². The molecule has 0 aliphatic rings. The standard InChI is InChI=1S/C33H48N4O5/c1-21(2)17-27(35-28(18-22(3)4)33(41)42-20-25-15-11-8-12-16-25)31(39)37-29(23(5)6)32(40)36-26(30(34)38)19-24-13-9-7-10-14-24/h7-16,21-23,26-29,35H,17-20H2,1-6H3,(H2,34,38)(H,36,40)(H,37,39)/t26-,27-,28?,29-/m0/s1. The zero-order valence-corrected chi connectivity index (χ0v) is 25.8. The fourth-order valence-electron chi connectivity index (χ4n) is 4.62. The number of hydrogen-bond donors (Lipinski definition) is 4. The van der Waals surface area contributed by atoms with Crippen LogP contribution < -0.4 is 21.7 Å². The molecule has 0 bridgehead atoms. The van der Waals surface area contributed by atoms with E-state index in [2.05, 4.69) is 16.0 Å². The van der Waals surface area contributed by atoms with Gasteiger partial charge in [0.2, 0.25) is 17.7 Å². The Morgan fingerprint density at radius 3 is 1.71 bits per heavy atom. The molecule has 0 aromatic heterocycles. The molecule has 2 aromatic carbocycles. The molecule has 0 saturated heterocycles. The molecule has 4 atom stereocenters. The molecule has 2 rings (SSSR count). The first-order valence-electron chi connectivity index (χ1n) is 14.8. The molecule has 9 nitrogen and oxygen atoms in total. The Bertz CT molecular complexity index is 1140. The van der Waals surface area contributed by atoms with Crippen LogP contribution in [0.15, 0.2) is 60.7 Å². The summed E-state index contributed by atoms with van der Waals surface area (Å²) in [6, 6.07) is 15.4. The van der Waals surface area contributed by atoms with Crippen molar-refractivity contribution in [2.75, 3.05) is 0 Å². The molecular formula is C33H48N4O5. The first-order valence-corrected chi connectivity index (χ1v) is 14.8. The zero-order valence-electron chi connectivity index (χ0n) is 25.8. The van der Waals surface area contributed by atoms with Gasteiger partial charge in [0.1, 0.15) is 24.7 Å². The van der Waals surface area contributed by atoms with Gasteiger partial charge in [-0.15, -0.1) is 0 Å². The van der Waals surface area contributed by atoms with Gasteiger partial charge in [0.25, 0.3) is 0 Å². The summed E-state index contributed by atoms with van der Waals surface area (Å²) in [6.45, 7) is 11.7. The molecule has 0 heterocycles. The second-order valence-electron chi connectivity index (χ2n) is 12.0. The Balaban J connectivity index is 2.16. The Morgan fingerprint density at radius 1 is 0.690 bits per heavy atom. The summed E-state index contributed by atoms with van der Waals surface area (Å²) < 4.78 is 5.61. The summed E-state index contributed by atoms with van der Waals surface area (Å²) in [5, 5.41) is 8.83. The SMILES string of the molecule is CC(C)CC(N[C@@H](CC(C)C)C(=O)N[C@H](C(=O)N[C@@H](Cc1ccccc1)C(N)=O)C(C)C)C(=O)OCc1ccccc1. The van der Waals surface area contributed by atoms with Crippen molar-refractivity contribution in [2.24, 2.45) is 23.5 Å². The molecule has 230 valence electrons. The van der Waals surface area contributed by atoms with Crippen LogP contribution in [0.1, 0.15) is 65.5 Å². The maximum Gasteiger partial charge on any atom is 0.323 e. The van der Waals surface area contributed by atoms with E-state index in [1.807, 2.05) is 102 Å². The topological polar surface area (TPSA) is 140 Å². The highest BCUT2D eigenvalue weighted by Gasteiger charge is 2.33. The number of hydrogen-bond acceptors (Lipinski definition) is 6. The quantitative estimate of drug-likeness (QED) is 0.211. The fraction of sp³-hybridized carbons (Fsp3) is 0.515. The monoisotopic (exact) mass is 580 g/mol. The number of nitrogens with one attached hydrogen (secondary N) is 3. The highest BCUT2D eigenvalue weighted by Crippen LogP contribution is 2.14. The third kappa shape index (κ3) is 12.0. The molecule has 42 heavy (non-hydrogen) atoms. The van der Waals surface area contributed by atoms with Crippen molar-refractivity contribution in [2.45, 2.75) is 91.6 Å². The molecule has 0 spiro atoms. The number of nitrogens with two attached hydrogens (primary N) is 1. The summed E-state index contributed by atoms with van der Waals surface area (Å²) in [7, 11) is 0. The number of amides is 3. The maximum atomic E-state index is 13.6. The highest BCUT2D eigenvalue weighted by atomic mass is 16.5. The summed E-state index contributed by atoms with van der Waals surface area (Å²) in [6.07, 6.45) is 1.15. The van der Waals surface area contributed by atoms with E-state index in [0.29, 0.717) is 12.8 Å². The van der Waals surface area contributed by atoms with Gasteiger partial charge >= 0.3 is 5.97 Å². The molecular weight excluding hydrogens is 532 g/mol. The van der Waals surface area contributed by atoms with E-state index in [-0.39, 0.29) is 30.8 Å². The van der Waals surface area contributed by atoms with Crippen molar-refractivity contribution in [1.29, 1.82) is 0 Å². The highest BCUT2D eigenvalue weighted by molar-refractivity contribution is 5.93. The van der Waals surface area contributed by atoms with Crippen molar-refractivity contribution >= 4 is 23.7 Å². The van der Waals surface area contributed by atoms with Gasteiger partial charge in [-0.1, -0.05) is 102 Å². The minimum atomic E-state index is -0.933. The van der Waals surface area contributed by atoms with Gasteiger partial charge < -0.3 is 21.1 Å². The van der Waals surface area contributed by atoms with E-state index in [4.69, 9.17) is 10.5 Å². The molecule has 9 heteroatoms. The van der Waals surface area contributed by atoms with Gasteiger partial charge in [-0.2, -0.15) is 0 Å². The second kappa shape index (κ2) is 17.3. The van der Waals surface area contributed by atoms with Crippen LogP contribution in [0.2, 0.25) is 0 Å². The van der Waals surface area contributed by atoms with Crippen LogP contribution in [0.4, 0.5) is 0 Å². The Hall–Kier alpha value is -3.72. The number of ether oxygens (including phenoxy) is 1. The molecule has 2 aromatic rings. The fourth-order valence-corrected chi connectivity index (χ4v) is 4.62. The van der Waals surface area contributed by atoms with E-state index in [9.17, 15) is 19.2 Å². The first-order chi connectivity index (χ1) is 19.9. The van der Waals surface area contributed by atoms with Crippen LogP contribution in [0.3, 0.4) is 0 Å². The molecule has 0 saturated carbocycles. The van der Waals surface area contributed by atoms with Crippen LogP contribution in [0, 0.1) is 17.8 Å². The van der Waals surface area contributed by atoms with E-state index in [0.717, 1.165) is 11.1 Å². The van der Waals surface area contributed by atoms with Crippen LogP contribution in [-0.2, 0) is 36.9 Å². The smallest absolute Gasteiger partial charge is 0.323 e. The van der Waals surface area contributed by atoms with Crippen LogP contribution >= 0.6 is 0 Å². The zero-order chi connectivity index (χ0) is 31.2. The summed E-state index contributed by atoms with van der Waals surface area (Å²) in [5.74, 6) is -1.98. The maximum absolute atomic E-state index is 13.6. The lowest BCUT2D eigenvalue weighted by atomic mass is 9.97. The molecule has 3 amide bonds. The second-order valence-corrected chi connectivity index (χ2v) is 12.0. The average Bonchev–Trinajstić information content (AvgIpc) is 2.93. The molecule has 0 aliphatic heterocycles. The van der Waals surface area contributed by atoms with Gasteiger partial charge in [0.15, 0.2) is 0 Å². The molecule has 0 fully saturated rings. The number of carbonyl (C=O) groups excluding carboxylic acids is 4. The van der Waals surface area contributed by atoms with Crippen molar-refractivity contribution in [3.05, 3.63) is 71.8 Å². The number of primary amides is 1. The van der Waals surface area contributed by atoms with Gasteiger partial charge in [0.05, 0.1) is 6.04 Å². The van der Waals surface area contributed by atoms with Gasteiger partial charge in [0, 0.05) is 6.42 Å². The first kappa shape index (κ1) is 34.5. The normalized spacial score (nSPS) is 14.2. The van der Waals surface area contributed by atoms with Crippen molar-refractivity contribution in [3.8, 4) is 0 Å². The van der Waals surface area contributed by atoms with Crippen LogP contribution in [0.5, 0.6) is 0 Å². The third-order valence-corrected chi connectivity index (χ3v) is 6.83. The van der Waals surface area contributed by atoms with Gasteiger partial charge in [-0.3, -0.25) is 24.5 Å².